The Morgan fingerprint density at radius 3 is 2.35 bits per heavy atom. The van der Waals surface area contributed by atoms with Crippen LogP contribution in [0.3, 0.4) is 0 Å². The van der Waals surface area contributed by atoms with E-state index in [4.69, 9.17) is 16.2 Å². The van der Waals surface area contributed by atoms with E-state index in [1.54, 1.807) is 0 Å². The molecule has 0 atom stereocenters. The van der Waals surface area contributed by atoms with Crippen LogP contribution in [0, 0.1) is 0 Å². The number of hydrogen-bond donors (Lipinski definition) is 2. The van der Waals surface area contributed by atoms with E-state index in [-0.39, 0.29) is 5.41 Å². The highest BCUT2D eigenvalue weighted by atomic mass is 16.5. The van der Waals surface area contributed by atoms with Gasteiger partial charge in [-0.3, -0.25) is 0 Å². The lowest BCUT2D eigenvalue weighted by Gasteiger charge is -2.41. The van der Waals surface area contributed by atoms with Gasteiger partial charge >= 0.3 is 0 Å². The summed E-state index contributed by atoms with van der Waals surface area (Å²) in [5.74, 6) is 1.65. The highest BCUT2D eigenvalue weighted by Gasteiger charge is 2.37. The van der Waals surface area contributed by atoms with Gasteiger partial charge in [-0.05, 0) is 54.8 Å². The number of nitrogen functional groups attached to an aromatic ring is 1. The Bertz CT molecular complexity index is 583. The first-order valence-electron chi connectivity index (χ1n) is 7.06. The standard InChI is InChI=1S/C17H20N2O/c18-12-17(9-2-10-17)13-3-1-4-16(11-13)20-15-7-5-14(19)6-8-15/h1,3-8,11H,2,9-10,12,18-19H2. The zero-order valence-corrected chi connectivity index (χ0v) is 11.5. The van der Waals surface area contributed by atoms with E-state index in [2.05, 4.69) is 12.1 Å². The maximum absolute atomic E-state index is 5.97. The second-order valence-electron chi connectivity index (χ2n) is 5.54. The predicted octanol–water partition coefficient (Wildman–Crippen LogP) is 3.44. The van der Waals surface area contributed by atoms with Gasteiger partial charge in [0.15, 0.2) is 0 Å². The lowest BCUT2D eigenvalue weighted by molar-refractivity contribution is 0.252. The van der Waals surface area contributed by atoms with Gasteiger partial charge in [0.2, 0.25) is 0 Å². The largest absolute Gasteiger partial charge is 0.457 e. The van der Waals surface area contributed by atoms with Gasteiger partial charge in [-0.1, -0.05) is 18.6 Å². The van der Waals surface area contributed by atoms with E-state index in [1.807, 2.05) is 36.4 Å². The third-order valence-corrected chi connectivity index (χ3v) is 4.26. The smallest absolute Gasteiger partial charge is 0.127 e. The molecule has 2 aromatic carbocycles. The minimum Gasteiger partial charge on any atom is -0.457 e. The van der Waals surface area contributed by atoms with Gasteiger partial charge in [-0.15, -0.1) is 0 Å². The minimum atomic E-state index is 0.167. The van der Waals surface area contributed by atoms with Gasteiger partial charge in [-0.25, -0.2) is 0 Å². The van der Waals surface area contributed by atoms with E-state index in [1.165, 1.54) is 24.8 Å². The van der Waals surface area contributed by atoms with Crippen LogP contribution in [-0.2, 0) is 5.41 Å². The van der Waals surface area contributed by atoms with Gasteiger partial charge in [0.1, 0.15) is 11.5 Å². The van der Waals surface area contributed by atoms with Crippen molar-refractivity contribution in [1.82, 2.24) is 0 Å². The topological polar surface area (TPSA) is 61.3 Å². The van der Waals surface area contributed by atoms with Crippen molar-refractivity contribution in [2.45, 2.75) is 24.7 Å². The molecule has 3 heteroatoms. The molecule has 3 rings (SSSR count). The van der Waals surface area contributed by atoms with Crippen molar-refractivity contribution < 1.29 is 4.74 Å². The average molecular weight is 268 g/mol. The van der Waals surface area contributed by atoms with Crippen LogP contribution in [0.4, 0.5) is 5.69 Å². The van der Waals surface area contributed by atoms with Crippen molar-refractivity contribution in [1.29, 1.82) is 0 Å². The van der Waals surface area contributed by atoms with Crippen LogP contribution in [0.5, 0.6) is 11.5 Å². The van der Waals surface area contributed by atoms with Gasteiger partial charge in [0.05, 0.1) is 0 Å². The molecular formula is C17H20N2O. The lowest BCUT2D eigenvalue weighted by Crippen LogP contribution is -2.41. The number of rotatable bonds is 4. The van der Waals surface area contributed by atoms with Crippen LogP contribution in [0.15, 0.2) is 48.5 Å². The Morgan fingerprint density at radius 1 is 1.00 bits per heavy atom. The third-order valence-electron chi connectivity index (χ3n) is 4.26. The first-order valence-corrected chi connectivity index (χ1v) is 7.06. The molecule has 1 aliphatic rings. The molecule has 0 heterocycles. The second kappa shape index (κ2) is 5.17. The monoisotopic (exact) mass is 268 g/mol. The quantitative estimate of drug-likeness (QED) is 0.835. The van der Waals surface area contributed by atoms with Gasteiger partial charge in [-0.2, -0.15) is 0 Å². The molecule has 1 saturated carbocycles. The number of benzene rings is 2. The summed E-state index contributed by atoms with van der Waals surface area (Å²) >= 11 is 0. The summed E-state index contributed by atoms with van der Waals surface area (Å²) in [6, 6.07) is 15.7. The average Bonchev–Trinajstić information content (AvgIpc) is 2.41. The Kier molecular flexibility index (Phi) is 3.36. The van der Waals surface area contributed by atoms with Crippen LogP contribution >= 0.6 is 0 Å². The maximum atomic E-state index is 5.97. The number of ether oxygens (including phenoxy) is 1. The number of hydrogen-bond acceptors (Lipinski definition) is 3. The molecule has 4 N–H and O–H groups in total. The zero-order valence-electron chi connectivity index (χ0n) is 11.5. The SMILES string of the molecule is NCC1(c2cccc(Oc3ccc(N)cc3)c2)CCC1. The van der Waals surface area contributed by atoms with Gasteiger partial charge in [0.25, 0.3) is 0 Å². The highest BCUT2D eigenvalue weighted by Crippen LogP contribution is 2.43. The van der Waals surface area contributed by atoms with Crippen LogP contribution in [0.1, 0.15) is 24.8 Å². The number of anilines is 1. The predicted molar refractivity (Wildman–Crippen MR) is 82.0 cm³/mol. The Morgan fingerprint density at radius 2 is 1.75 bits per heavy atom. The second-order valence-corrected chi connectivity index (χ2v) is 5.54. The molecular weight excluding hydrogens is 248 g/mol. The Balaban J connectivity index is 1.82. The molecule has 0 saturated heterocycles. The molecule has 0 spiro atoms. The molecule has 0 unspecified atom stereocenters. The lowest BCUT2D eigenvalue weighted by atomic mass is 9.64. The van der Waals surface area contributed by atoms with Gasteiger partial charge < -0.3 is 16.2 Å². The summed E-state index contributed by atoms with van der Waals surface area (Å²) in [5.41, 5.74) is 13.8. The Labute approximate surface area is 119 Å². The maximum Gasteiger partial charge on any atom is 0.127 e. The summed E-state index contributed by atoms with van der Waals surface area (Å²) in [7, 11) is 0. The summed E-state index contributed by atoms with van der Waals surface area (Å²) in [6.07, 6.45) is 3.61. The molecule has 2 aromatic rings. The van der Waals surface area contributed by atoms with Crippen LogP contribution < -0.4 is 16.2 Å². The van der Waals surface area contributed by atoms with E-state index < -0.39 is 0 Å². The molecule has 104 valence electrons. The summed E-state index contributed by atoms with van der Waals surface area (Å²) in [6.45, 7) is 0.707. The molecule has 3 nitrogen and oxygen atoms in total. The van der Waals surface area contributed by atoms with Gasteiger partial charge in [0, 0.05) is 17.6 Å². The van der Waals surface area contributed by atoms with Crippen molar-refractivity contribution >= 4 is 5.69 Å². The first kappa shape index (κ1) is 13.0. The highest BCUT2D eigenvalue weighted by molar-refractivity contribution is 5.44. The Hall–Kier alpha value is -2.00. The zero-order chi connectivity index (χ0) is 14.0. The van der Waals surface area contributed by atoms with Crippen molar-refractivity contribution in [3.63, 3.8) is 0 Å². The van der Waals surface area contributed by atoms with E-state index in [0.717, 1.165) is 17.2 Å². The molecule has 1 fully saturated rings. The van der Waals surface area contributed by atoms with Crippen LogP contribution in [-0.4, -0.2) is 6.54 Å². The van der Waals surface area contributed by atoms with Crippen LogP contribution in [0.2, 0.25) is 0 Å². The number of nitrogens with two attached hydrogens (primary N) is 2. The summed E-state index contributed by atoms with van der Waals surface area (Å²) < 4.78 is 5.89. The third kappa shape index (κ3) is 2.37. The molecule has 0 bridgehead atoms. The minimum absolute atomic E-state index is 0.167. The van der Waals surface area contributed by atoms with Crippen LogP contribution in [0.25, 0.3) is 0 Å². The van der Waals surface area contributed by atoms with Crippen molar-refractivity contribution in [2.24, 2.45) is 5.73 Å². The molecule has 20 heavy (non-hydrogen) atoms. The summed E-state index contributed by atoms with van der Waals surface area (Å²) in [4.78, 5) is 0. The van der Waals surface area contributed by atoms with E-state index in [9.17, 15) is 0 Å². The van der Waals surface area contributed by atoms with E-state index in [0.29, 0.717) is 6.54 Å². The first-order chi connectivity index (χ1) is 9.72. The van der Waals surface area contributed by atoms with E-state index >= 15 is 0 Å². The molecule has 0 aromatic heterocycles. The fourth-order valence-corrected chi connectivity index (χ4v) is 2.78. The van der Waals surface area contributed by atoms with Crippen molar-refractivity contribution in [3.8, 4) is 11.5 Å². The van der Waals surface area contributed by atoms with Crippen molar-refractivity contribution in [2.75, 3.05) is 12.3 Å². The molecule has 1 aliphatic carbocycles. The molecule has 0 radical (unpaired) electrons. The van der Waals surface area contributed by atoms with Crippen molar-refractivity contribution in [3.05, 3.63) is 54.1 Å². The normalized spacial score (nSPS) is 16.4. The fraction of sp³-hybridized carbons (Fsp3) is 0.294. The molecule has 0 aliphatic heterocycles. The fourth-order valence-electron chi connectivity index (χ4n) is 2.78. The summed E-state index contributed by atoms with van der Waals surface area (Å²) in [5, 5.41) is 0. The molecule has 0 amide bonds.